The Balaban J connectivity index is 1.26. The summed E-state index contributed by atoms with van der Waals surface area (Å²) in [6.07, 6.45) is 1.68. The van der Waals surface area contributed by atoms with E-state index in [4.69, 9.17) is 11.6 Å². The fraction of sp³-hybridized carbons (Fsp3) is 0.348. The maximum Gasteiger partial charge on any atom is 0.262 e. The van der Waals surface area contributed by atoms with E-state index in [-0.39, 0.29) is 34.8 Å². The number of nitrogens with one attached hydrogen (secondary N) is 1. The molecule has 2 fully saturated rings. The van der Waals surface area contributed by atoms with Gasteiger partial charge < -0.3 is 4.90 Å². The van der Waals surface area contributed by atoms with Crippen molar-refractivity contribution < 1.29 is 23.6 Å². The molecule has 2 aromatic rings. The van der Waals surface area contributed by atoms with E-state index in [0.717, 1.165) is 10.5 Å². The second-order valence-corrected chi connectivity index (χ2v) is 8.93. The minimum Gasteiger partial charge on any atom is -0.352 e. The topological polar surface area (TPSA) is 103 Å². The summed E-state index contributed by atoms with van der Waals surface area (Å²) in [5.41, 5.74) is 1.37. The Morgan fingerprint density at radius 3 is 2.50 bits per heavy atom. The lowest BCUT2D eigenvalue weighted by Gasteiger charge is -2.35. The molecule has 4 amide bonds. The first-order chi connectivity index (χ1) is 16.3. The molecular weight excluding hydrogens is 465 g/mol. The van der Waals surface area contributed by atoms with Crippen molar-refractivity contribution in [2.24, 2.45) is 0 Å². The lowest BCUT2D eigenvalue weighted by Crippen LogP contribution is -2.54. The summed E-state index contributed by atoms with van der Waals surface area (Å²) in [7, 11) is 0. The van der Waals surface area contributed by atoms with Crippen LogP contribution in [0.1, 0.15) is 39.1 Å². The zero-order valence-corrected chi connectivity index (χ0v) is 18.8. The quantitative estimate of drug-likeness (QED) is 0.656. The number of hydrogen-bond donors (Lipinski definition) is 1. The average molecular weight is 486 g/mol. The number of benzene rings is 1. The monoisotopic (exact) mass is 485 g/mol. The molecule has 34 heavy (non-hydrogen) atoms. The number of carbonyl (C=O) groups excluding carboxylic acids is 4. The molecule has 11 heteroatoms. The van der Waals surface area contributed by atoms with E-state index in [1.165, 1.54) is 12.3 Å². The normalized spacial score (nSPS) is 21.2. The summed E-state index contributed by atoms with van der Waals surface area (Å²) in [6, 6.07) is 5.52. The lowest BCUT2D eigenvalue weighted by atomic mass is 10.0. The number of aromatic nitrogens is 1. The standard InChI is InChI=1S/C23H21ClFN5O4/c24-16-5-6-26-20(19(16)25)29-9-7-28(8-10-29)12-13-1-2-14-15(11-13)23(34)30(22(14)33)17-3-4-18(31)27-21(17)32/h1-2,5-6,11,17H,3-4,7-10,12H2,(H,27,31,32). The van der Waals surface area contributed by atoms with E-state index in [9.17, 15) is 23.6 Å². The summed E-state index contributed by atoms with van der Waals surface area (Å²) in [4.78, 5) is 58.6. The summed E-state index contributed by atoms with van der Waals surface area (Å²) >= 11 is 5.87. The molecule has 2 saturated heterocycles. The highest BCUT2D eigenvalue weighted by Crippen LogP contribution is 2.29. The Kier molecular flexibility index (Phi) is 5.78. The van der Waals surface area contributed by atoms with Gasteiger partial charge in [-0.2, -0.15) is 0 Å². The maximum atomic E-state index is 14.3. The molecule has 0 saturated carbocycles. The molecule has 4 heterocycles. The van der Waals surface area contributed by atoms with E-state index in [1.54, 1.807) is 18.2 Å². The van der Waals surface area contributed by atoms with Gasteiger partial charge in [-0.1, -0.05) is 17.7 Å². The number of nitrogens with zero attached hydrogens (tertiary/aromatic N) is 4. The van der Waals surface area contributed by atoms with Crippen molar-refractivity contribution in [3.8, 4) is 0 Å². The fourth-order valence-corrected chi connectivity index (χ4v) is 4.76. The van der Waals surface area contributed by atoms with E-state index in [2.05, 4.69) is 15.2 Å². The van der Waals surface area contributed by atoms with Crippen molar-refractivity contribution in [3.63, 3.8) is 0 Å². The van der Waals surface area contributed by atoms with Crippen molar-refractivity contribution in [3.05, 3.63) is 58.0 Å². The summed E-state index contributed by atoms with van der Waals surface area (Å²) < 4.78 is 14.3. The van der Waals surface area contributed by atoms with Gasteiger partial charge in [0.1, 0.15) is 6.04 Å². The number of hydrogen-bond acceptors (Lipinski definition) is 7. The van der Waals surface area contributed by atoms with Crippen molar-refractivity contribution in [2.75, 3.05) is 31.1 Å². The third kappa shape index (κ3) is 3.92. The maximum absolute atomic E-state index is 14.3. The first-order valence-corrected chi connectivity index (χ1v) is 11.3. The van der Waals surface area contributed by atoms with E-state index in [1.807, 2.05) is 4.90 Å². The van der Waals surface area contributed by atoms with Crippen LogP contribution < -0.4 is 10.2 Å². The van der Waals surface area contributed by atoms with Gasteiger partial charge in [-0.15, -0.1) is 0 Å². The van der Waals surface area contributed by atoms with Crippen LogP contribution in [0.15, 0.2) is 30.5 Å². The van der Waals surface area contributed by atoms with E-state index in [0.29, 0.717) is 32.7 Å². The number of halogens is 2. The molecular formula is C23H21ClFN5O4. The number of anilines is 1. The third-order valence-corrected chi connectivity index (χ3v) is 6.70. The van der Waals surface area contributed by atoms with Gasteiger partial charge >= 0.3 is 0 Å². The molecule has 5 rings (SSSR count). The number of pyridine rings is 1. The van der Waals surface area contributed by atoms with Crippen LogP contribution >= 0.6 is 11.6 Å². The highest BCUT2D eigenvalue weighted by Gasteiger charge is 2.44. The van der Waals surface area contributed by atoms with Crippen LogP contribution in [0.2, 0.25) is 5.02 Å². The number of imide groups is 2. The van der Waals surface area contributed by atoms with Gasteiger partial charge in [0.25, 0.3) is 11.8 Å². The number of fused-ring (bicyclic) bond motifs is 1. The highest BCUT2D eigenvalue weighted by molar-refractivity contribution is 6.31. The molecule has 1 N–H and O–H groups in total. The largest absolute Gasteiger partial charge is 0.352 e. The molecule has 1 atom stereocenters. The molecule has 176 valence electrons. The number of carbonyl (C=O) groups is 4. The van der Waals surface area contributed by atoms with Gasteiger partial charge in [-0.25, -0.2) is 9.37 Å². The predicted molar refractivity (Wildman–Crippen MR) is 120 cm³/mol. The minimum atomic E-state index is -0.984. The molecule has 3 aliphatic heterocycles. The SMILES string of the molecule is O=C1CCC(N2C(=O)c3ccc(CN4CCN(c5nccc(Cl)c5F)CC4)cc3C2=O)C(=O)N1. The second-order valence-electron chi connectivity index (χ2n) is 8.52. The molecule has 0 radical (unpaired) electrons. The first kappa shape index (κ1) is 22.4. The van der Waals surface area contributed by atoms with E-state index >= 15 is 0 Å². The minimum absolute atomic E-state index is 0.0381. The van der Waals surface area contributed by atoms with E-state index < -0.39 is 35.5 Å². The van der Waals surface area contributed by atoms with Gasteiger partial charge in [0.15, 0.2) is 11.6 Å². The smallest absolute Gasteiger partial charge is 0.262 e. The zero-order chi connectivity index (χ0) is 24.0. The van der Waals surface area contributed by atoms with Gasteiger partial charge in [0.2, 0.25) is 11.8 Å². The number of piperazine rings is 1. The lowest BCUT2D eigenvalue weighted by molar-refractivity contribution is -0.136. The van der Waals surface area contributed by atoms with Crippen molar-refractivity contribution >= 4 is 41.0 Å². The summed E-state index contributed by atoms with van der Waals surface area (Å²) in [5.74, 6) is -2.37. The Bertz CT molecular complexity index is 1210. The van der Waals surface area contributed by atoms with Gasteiger partial charge in [0, 0.05) is 45.3 Å². The molecule has 1 aromatic carbocycles. The molecule has 1 unspecified atom stereocenters. The average Bonchev–Trinajstić information content (AvgIpc) is 3.06. The fourth-order valence-electron chi connectivity index (χ4n) is 4.62. The number of piperidine rings is 1. The summed E-state index contributed by atoms with van der Waals surface area (Å²) in [5, 5.41) is 2.23. The van der Waals surface area contributed by atoms with Crippen LogP contribution in [0, 0.1) is 5.82 Å². The van der Waals surface area contributed by atoms with Crippen LogP contribution in [-0.2, 0) is 16.1 Å². The van der Waals surface area contributed by atoms with Crippen LogP contribution in [0.4, 0.5) is 10.2 Å². The van der Waals surface area contributed by atoms with Crippen molar-refractivity contribution in [1.82, 2.24) is 20.1 Å². The number of rotatable bonds is 4. The Labute approximate surface area is 199 Å². The second kappa shape index (κ2) is 8.77. The van der Waals surface area contributed by atoms with Gasteiger partial charge in [-0.3, -0.25) is 34.3 Å². The Hall–Kier alpha value is -3.37. The summed E-state index contributed by atoms with van der Waals surface area (Å²) in [6.45, 7) is 2.98. The van der Waals surface area contributed by atoms with Crippen molar-refractivity contribution in [2.45, 2.75) is 25.4 Å². The van der Waals surface area contributed by atoms with Gasteiger partial charge in [-0.05, 0) is 30.2 Å². The highest BCUT2D eigenvalue weighted by atomic mass is 35.5. The van der Waals surface area contributed by atoms with Crippen LogP contribution in [-0.4, -0.2) is 70.6 Å². The third-order valence-electron chi connectivity index (χ3n) is 6.41. The Morgan fingerprint density at radius 1 is 1.03 bits per heavy atom. The zero-order valence-electron chi connectivity index (χ0n) is 18.1. The van der Waals surface area contributed by atoms with Gasteiger partial charge in [0.05, 0.1) is 16.1 Å². The number of amides is 4. The van der Waals surface area contributed by atoms with Crippen LogP contribution in [0.3, 0.4) is 0 Å². The molecule has 1 aromatic heterocycles. The molecule has 0 spiro atoms. The first-order valence-electron chi connectivity index (χ1n) is 11.0. The molecule has 0 bridgehead atoms. The van der Waals surface area contributed by atoms with Crippen molar-refractivity contribution in [1.29, 1.82) is 0 Å². The van der Waals surface area contributed by atoms with Crippen LogP contribution in [0.5, 0.6) is 0 Å². The Morgan fingerprint density at radius 2 is 1.76 bits per heavy atom. The van der Waals surface area contributed by atoms with Crippen LogP contribution in [0.25, 0.3) is 0 Å². The predicted octanol–water partition coefficient (Wildman–Crippen LogP) is 1.60. The molecule has 9 nitrogen and oxygen atoms in total. The molecule has 3 aliphatic rings. The molecule has 0 aliphatic carbocycles.